The van der Waals surface area contributed by atoms with Crippen molar-refractivity contribution in [1.29, 1.82) is 0 Å². The van der Waals surface area contributed by atoms with Crippen molar-refractivity contribution in [2.24, 2.45) is 0 Å². The molecule has 0 aromatic carbocycles. The second-order valence-electron chi connectivity index (χ2n) is 3.74. The highest BCUT2D eigenvalue weighted by atomic mass is 32.2. The van der Waals surface area contributed by atoms with E-state index < -0.39 is 15.8 Å². The van der Waals surface area contributed by atoms with Crippen molar-refractivity contribution in [3.05, 3.63) is 15.8 Å². The van der Waals surface area contributed by atoms with E-state index in [1.165, 1.54) is 11.3 Å². The average Bonchev–Trinajstić information content (AvgIpc) is 2.52. The molecule has 2 N–H and O–H groups in total. The number of ether oxygens (including phenoxy) is 1. The van der Waals surface area contributed by atoms with Gasteiger partial charge in [-0.05, 0) is 19.4 Å². The molecular formula is C10H15NO4S2. The Kier molecular flexibility index (Phi) is 4.53. The zero-order chi connectivity index (χ0) is 13.1. The number of aryl methyl sites for hydroxylation is 1. The minimum absolute atomic E-state index is 0.0197. The SMILES string of the molecule is Cc1sc(C(=O)OCCCS(C)(=O)=O)cc1N. The molecule has 1 aromatic heterocycles. The molecule has 0 radical (unpaired) electrons. The lowest BCUT2D eigenvalue weighted by Gasteiger charge is -2.02. The lowest BCUT2D eigenvalue weighted by atomic mass is 10.4. The third-order valence-electron chi connectivity index (χ3n) is 2.05. The molecule has 0 amide bonds. The maximum Gasteiger partial charge on any atom is 0.348 e. The van der Waals surface area contributed by atoms with Gasteiger partial charge in [-0.25, -0.2) is 13.2 Å². The van der Waals surface area contributed by atoms with Gasteiger partial charge in [0, 0.05) is 16.8 Å². The summed E-state index contributed by atoms with van der Waals surface area (Å²) in [5, 5.41) is 0. The van der Waals surface area contributed by atoms with E-state index in [0.717, 1.165) is 11.1 Å². The number of esters is 1. The Morgan fingerprint density at radius 1 is 1.53 bits per heavy atom. The first-order chi connectivity index (χ1) is 7.79. The molecule has 0 fully saturated rings. The van der Waals surface area contributed by atoms with Crippen molar-refractivity contribution in [3.8, 4) is 0 Å². The van der Waals surface area contributed by atoms with Crippen LogP contribution in [0.5, 0.6) is 0 Å². The van der Waals surface area contributed by atoms with Crippen LogP contribution in [0.1, 0.15) is 21.0 Å². The topological polar surface area (TPSA) is 86.5 Å². The number of anilines is 1. The minimum Gasteiger partial charge on any atom is -0.461 e. The van der Waals surface area contributed by atoms with Crippen LogP contribution in [0.25, 0.3) is 0 Å². The fourth-order valence-electron chi connectivity index (χ4n) is 1.15. The van der Waals surface area contributed by atoms with Gasteiger partial charge in [0.1, 0.15) is 14.7 Å². The van der Waals surface area contributed by atoms with Gasteiger partial charge in [-0.3, -0.25) is 0 Å². The molecule has 0 bridgehead atoms. The predicted molar refractivity (Wildman–Crippen MR) is 68.1 cm³/mol. The van der Waals surface area contributed by atoms with Gasteiger partial charge in [0.15, 0.2) is 0 Å². The monoisotopic (exact) mass is 277 g/mol. The fraction of sp³-hybridized carbons (Fsp3) is 0.500. The van der Waals surface area contributed by atoms with Gasteiger partial charge in [-0.2, -0.15) is 0 Å². The lowest BCUT2D eigenvalue weighted by Crippen LogP contribution is -2.09. The first-order valence-electron chi connectivity index (χ1n) is 5.00. The molecule has 17 heavy (non-hydrogen) atoms. The zero-order valence-corrected chi connectivity index (χ0v) is 11.4. The van der Waals surface area contributed by atoms with Crippen molar-refractivity contribution in [2.45, 2.75) is 13.3 Å². The number of hydrogen-bond acceptors (Lipinski definition) is 6. The van der Waals surface area contributed by atoms with Gasteiger partial charge < -0.3 is 10.5 Å². The number of rotatable bonds is 5. The molecule has 0 unspecified atom stereocenters. The Balaban J connectivity index is 2.40. The summed E-state index contributed by atoms with van der Waals surface area (Å²) >= 11 is 1.27. The van der Waals surface area contributed by atoms with Crippen molar-refractivity contribution < 1.29 is 17.9 Å². The molecule has 0 aliphatic heterocycles. The molecule has 0 aliphatic carbocycles. The van der Waals surface area contributed by atoms with Crippen LogP contribution >= 0.6 is 11.3 Å². The zero-order valence-electron chi connectivity index (χ0n) is 9.73. The van der Waals surface area contributed by atoms with Crippen molar-refractivity contribution >= 4 is 32.8 Å². The van der Waals surface area contributed by atoms with E-state index in [9.17, 15) is 13.2 Å². The minimum atomic E-state index is -3.00. The molecule has 0 saturated heterocycles. The third-order valence-corrected chi connectivity index (χ3v) is 4.13. The van der Waals surface area contributed by atoms with Gasteiger partial charge in [0.2, 0.25) is 0 Å². The Labute approximate surface area is 105 Å². The molecule has 1 heterocycles. The molecule has 0 spiro atoms. The van der Waals surface area contributed by atoms with Crippen molar-refractivity contribution in [2.75, 3.05) is 24.3 Å². The third kappa shape index (κ3) is 4.74. The maximum absolute atomic E-state index is 11.5. The van der Waals surface area contributed by atoms with Crippen LogP contribution in [0.3, 0.4) is 0 Å². The Hall–Kier alpha value is -1.08. The number of carbonyl (C=O) groups is 1. The molecule has 0 atom stereocenters. The average molecular weight is 277 g/mol. The molecule has 5 nitrogen and oxygen atoms in total. The lowest BCUT2D eigenvalue weighted by molar-refractivity contribution is 0.0511. The van der Waals surface area contributed by atoms with Crippen LogP contribution < -0.4 is 5.73 Å². The summed E-state index contributed by atoms with van der Waals surface area (Å²) in [6.45, 7) is 1.92. The van der Waals surface area contributed by atoms with Crippen LogP contribution in [0.2, 0.25) is 0 Å². The summed E-state index contributed by atoms with van der Waals surface area (Å²) in [6, 6.07) is 1.57. The highest BCUT2D eigenvalue weighted by molar-refractivity contribution is 7.90. The van der Waals surface area contributed by atoms with E-state index in [2.05, 4.69) is 0 Å². The summed E-state index contributed by atoms with van der Waals surface area (Å²) in [5.41, 5.74) is 6.18. The van der Waals surface area contributed by atoms with Crippen LogP contribution in [-0.4, -0.2) is 33.0 Å². The molecule has 7 heteroatoms. The smallest absolute Gasteiger partial charge is 0.348 e. The number of nitrogen functional groups attached to an aromatic ring is 1. The second kappa shape index (κ2) is 5.50. The van der Waals surface area contributed by atoms with E-state index in [0.29, 0.717) is 17.0 Å². The van der Waals surface area contributed by atoms with Crippen molar-refractivity contribution in [1.82, 2.24) is 0 Å². The molecular weight excluding hydrogens is 262 g/mol. The number of nitrogens with two attached hydrogens (primary N) is 1. The molecule has 1 aromatic rings. The maximum atomic E-state index is 11.5. The molecule has 0 aliphatic rings. The molecule has 1 rings (SSSR count). The quantitative estimate of drug-likeness (QED) is 0.646. The number of carbonyl (C=O) groups excluding carboxylic acids is 1. The predicted octanol–water partition coefficient (Wildman–Crippen LogP) is 1.23. The van der Waals surface area contributed by atoms with Crippen molar-refractivity contribution in [3.63, 3.8) is 0 Å². The summed E-state index contributed by atoms with van der Waals surface area (Å²) in [5.74, 6) is -0.436. The fourth-order valence-corrected chi connectivity index (χ4v) is 2.63. The summed E-state index contributed by atoms with van der Waals surface area (Å²) in [6.07, 6.45) is 1.46. The van der Waals surface area contributed by atoms with E-state index >= 15 is 0 Å². The van der Waals surface area contributed by atoms with Gasteiger partial charge in [-0.15, -0.1) is 11.3 Å². The van der Waals surface area contributed by atoms with E-state index in [1.54, 1.807) is 6.07 Å². The first kappa shape index (κ1) is 14.0. The van der Waals surface area contributed by atoms with Crippen LogP contribution in [0, 0.1) is 6.92 Å². The largest absolute Gasteiger partial charge is 0.461 e. The van der Waals surface area contributed by atoms with Crippen LogP contribution in [-0.2, 0) is 14.6 Å². The Morgan fingerprint density at radius 2 is 2.18 bits per heavy atom. The van der Waals surface area contributed by atoms with Crippen LogP contribution in [0.15, 0.2) is 6.07 Å². The second-order valence-corrected chi connectivity index (χ2v) is 7.26. The standard InChI is InChI=1S/C10H15NO4S2/c1-7-8(11)6-9(16-7)10(12)15-4-3-5-17(2,13)14/h6H,3-5,11H2,1-2H3. The summed E-state index contributed by atoms with van der Waals surface area (Å²) < 4.78 is 26.6. The summed E-state index contributed by atoms with van der Waals surface area (Å²) in [4.78, 5) is 12.8. The number of hydrogen-bond donors (Lipinski definition) is 1. The normalized spacial score (nSPS) is 11.4. The van der Waals surface area contributed by atoms with E-state index in [4.69, 9.17) is 10.5 Å². The molecule has 96 valence electrons. The van der Waals surface area contributed by atoms with Gasteiger partial charge in [-0.1, -0.05) is 0 Å². The van der Waals surface area contributed by atoms with Crippen LogP contribution in [0.4, 0.5) is 5.69 Å². The number of thiophene rings is 1. The highest BCUT2D eigenvalue weighted by Gasteiger charge is 2.12. The highest BCUT2D eigenvalue weighted by Crippen LogP contribution is 2.23. The van der Waals surface area contributed by atoms with Gasteiger partial charge in [0.05, 0.1) is 12.4 Å². The number of sulfone groups is 1. The Morgan fingerprint density at radius 3 is 2.65 bits per heavy atom. The van der Waals surface area contributed by atoms with E-state index in [1.807, 2.05) is 6.92 Å². The van der Waals surface area contributed by atoms with Gasteiger partial charge in [0.25, 0.3) is 0 Å². The first-order valence-corrected chi connectivity index (χ1v) is 7.88. The summed E-state index contributed by atoms with van der Waals surface area (Å²) in [7, 11) is -3.00. The van der Waals surface area contributed by atoms with Gasteiger partial charge >= 0.3 is 5.97 Å². The van der Waals surface area contributed by atoms with E-state index in [-0.39, 0.29) is 12.4 Å². The Bertz CT molecular complexity index is 485. The molecule has 0 saturated carbocycles.